The number of likely N-dealkylation sites (tertiary alicyclic amines) is 1. The molecule has 2 unspecified atom stereocenters. The van der Waals surface area contributed by atoms with Crippen molar-refractivity contribution in [3.63, 3.8) is 0 Å². The molecule has 1 fully saturated rings. The minimum Gasteiger partial charge on any atom is -0.445 e. The lowest BCUT2D eigenvalue weighted by Gasteiger charge is -2.32. The van der Waals surface area contributed by atoms with Crippen LogP contribution in [0, 0.1) is 5.92 Å². The number of ether oxygens (including phenoxy) is 1. The van der Waals surface area contributed by atoms with Gasteiger partial charge in [-0.05, 0) is 61.1 Å². The van der Waals surface area contributed by atoms with Crippen LogP contribution in [0.15, 0.2) is 97.5 Å². The number of imidazole rings is 1. The van der Waals surface area contributed by atoms with E-state index in [1.54, 1.807) is 12.5 Å². The van der Waals surface area contributed by atoms with Crippen LogP contribution in [-0.2, 0) is 11.3 Å². The molecule has 9 heteroatoms. The number of aromatic nitrogens is 4. The topological polar surface area (TPSA) is 97.2 Å². The summed E-state index contributed by atoms with van der Waals surface area (Å²) in [6, 6.07) is 28.1. The van der Waals surface area contributed by atoms with Crippen molar-refractivity contribution in [1.29, 1.82) is 0 Å². The zero-order valence-electron chi connectivity index (χ0n) is 23.7. The van der Waals surface area contributed by atoms with E-state index in [2.05, 4.69) is 57.9 Å². The highest BCUT2D eigenvalue weighted by Gasteiger charge is 2.24. The van der Waals surface area contributed by atoms with Crippen molar-refractivity contribution in [3.05, 3.63) is 109 Å². The molecule has 9 nitrogen and oxygen atoms in total. The number of hydrogen-bond acceptors (Lipinski definition) is 7. The predicted octanol–water partition coefficient (Wildman–Crippen LogP) is 6.45. The zero-order valence-corrected chi connectivity index (χ0v) is 23.7. The summed E-state index contributed by atoms with van der Waals surface area (Å²) < 4.78 is 7.53. The third-order valence-electron chi connectivity index (χ3n) is 7.66. The van der Waals surface area contributed by atoms with Crippen LogP contribution in [0.2, 0.25) is 0 Å². The number of nitrogens with zero attached hydrogens (tertiary/aromatic N) is 5. The zero-order chi connectivity index (χ0) is 28.7. The molecule has 1 aliphatic rings. The summed E-state index contributed by atoms with van der Waals surface area (Å²) in [4.78, 5) is 28.3. The van der Waals surface area contributed by atoms with Crippen LogP contribution >= 0.6 is 0 Å². The Morgan fingerprint density at radius 3 is 2.67 bits per heavy atom. The SMILES string of the molecule is CC(Nc1nccc(-n2cnc3cc(NCC4CCCN(C(=O)OCc5ccccc5)C4)ccc32)n1)c1ccccc1. The molecule has 1 aliphatic heterocycles. The molecule has 2 atom stereocenters. The second kappa shape index (κ2) is 12.7. The largest absolute Gasteiger partial charge is 0.445 e. The number of piperidine rings is 1. The first-order valence-electron chi connectivity index (χ1n) is 14.4. The van der Waals surface area contributed by atoms with E-state index in [9.17, 15) is 4.79 Å². The lowest BCUT2D eigenvalue weighted by atomic mass is 9.98. The van der Waals surface area contributed by atoms with Gasteiger partial charge in [0.2, 0.25) is 5.95 Å². The maximum Gasteiger partial charge on any atom is 0.410 e. The van der Waals surface area contributed by atoms with E-state index in [4.69, 9.17) is 9.72 Å². The summed E-state index contributed by atoms with van der Waals surface area (Å²) >= 11 is 0. The molecule has 0 radical (unpaired) electrons. The Morgan fingerprint density at radius 1 is 1.02 bits per heavy atom. The van der Waals surface area contributed by atoms with E-state index in [0.717, 1.165) is 54.0 Å². The van der Waals surface area contributed by atoms with Crippen LogP contribution in [0.1, 0.15) is 36.9 Å². The number of rotatable bonds is 9. The molecule has 6 rings (SSSR count). The molecule has 1 saturated heterocycles. The van der Waals surface area contributed by atoms with Gasteiger partial charge < -0.3 is 20.3 Å². The Balaban J connectivity index is 1.06. The van der Waals surface area contributed by atoms with Crippen LogP contribution < -0.4 is 10.6 Å². The molecule has 1 amide bonds. The van der Waals surface area contributed by atoms with Crippen molar-refractivity contribution in [2.45, 2.75) is 32.4 Å². The van der Waals surface area contributed by atoms with Gasteiger partial charge in [0.05, 0.1) is 17.1 Å². The fraction of sp³-hybridized carbons (Fsp3) is 0.273. The lowest BCUT2D eigenvalue weighted by molar-refractivity contribution is 0.0804. The molecule has 3 aromatic carbocycles. The Kier molecular flexibility index (Phi) is 8.26. The van der Waals surface area contributed by atoms with E-state index in [0.29, 0.717) is 25.0 Å². The standard InChI is InChI=1S/C33H35N7O2/c1-24(27-12-6-3-7-13-27)37-32-34-17-16-31(38-32)40-23-36-29-19-28(14-15-30(29)40)35-20-26-11-8-18-39(21-26)33(41)42-22-25-9-4-2-5-10-25/h2-7,9-10,12-17,19,23-24,26,35H,8,11,18,20-22H2,1H3,(H,34,37,38). The monoisotopic (exact) mass is 561 g/mol. The van der Waals surface area contributed by atoms with E-state index in [1.807, 2.05) is 64.1 Å². The van der Waals surface area contributed by atoms with Crippen LogP contribution in [0.5, 0.6) is 0 Å². The van der Waals surface area contributed by atoms with Crippen LogP contribution in [0.25, 0.3) is 16.9 Å². The van der Waals surface area contributed by atoms with Crippen molar-refractivity contribution in [3.8, 4) is 5.82 Å². The maximum absolute atomic E-state index is 12.7. The molecule has 0 aliphatic carbocycles. The summed E-state index contributed by atoms with van der Waals surface area (Å²) in [5.41, 5.74) is 5.00. The molecule has 2 N–H and O–H groups in total. The number of fused-ring (bicyclic) bond motifs is 1. The summed E-state index contributed by atoms with van der Waals surface area (Å²) in [7, 11) is 0. The molecule has 0 saturated carbocycles. The summed E-state index contributed by atoms with van der Waals surface area (Å²) in [5.74, 6) is 1.66. The molecule has 0 spiro atoms. The quantitative estimate of drug-likeness (QED) is 0.213. The number of benzene rings is 3. The Hall–Kier alpha value is -4.92. The highest BCUT2D eigenvalue weighted by Crippen LogP contribution is 2.24. The second-order valence-electron chi connectivity index (χ2n) is 10.7. The molecular weight excluding hydrogens is 526 g/mol. The first-order valence-corrected chi connectivity index (χ1v) is 14.4. The summed E-state index contributed by atoms with van der Waals surface area (Å²) in [6.45, 7) is 4.58. The van der Waals surface area contributed by atoms with Gasteiger partial charge in [0.15, 0.2) is 0 Å². The van der Waals surface area contributed by atoms with Gasteiger partial charge in [-0.3, -0.25) is 4.57 Å². The van der Waals surface area contributed by atoms with Gasteiger partial charge in [-0.15, -0.1) is 0 Å². The van der Waals surface area contributed by atoms with Crippen LogP contribution in [0.3, 0.4) is 0 Å². The van der Waals surface area contributed by atoms with Crippen molar-refractivity contribution in [1.82, 2.24) is 24.4 Å². The predicted molar refractivity (Wildman–Crippen MR) is 165 cm³/mol. The van der Waals surface area contributed by atoms with E-state index in [-0.39, 0.29) is 12.1 Å². The second-order valence-corrected chi connectivity index (χ2v) is 10.7. The van der Waals surface area contributed by atoms with Gasteiger partial charge in [-0.1, -0.05) is 60.7 Å². The number of amides is 1. The lowest BCUT2D eigenvalue weighted by Crippen LogP contribution is -2.42. The van der Waals surface area contributed by atoms with Crippen molar-refractivity contribution in [2.75, 3.05) is 30.3 Å². The minimum absolute atomic E-state index is 0.0748. The minimum atomic E-state index is -0.242. The van der Waals surface area contributed by atoms with Gasteiger partial charge >= 0.3 is 6.09 Å². The highest BCUT2D eigenvalue weighted by molar-refractivity contribution is 5.81. The first kappa shape index (κ1) is 27.3. The number of hydrogen-bond donors (Lipinski definition) is 2. The Labute approximate surface area is 245 Å². The molecule has 2 aromatic heterocycles. The average Bonchev–Trinajstić information content (AvgIpc) is 3.47. The van der Waals surface area contributed by atoms with Gasteiger partial charge in [0, 0.05) is 31.5 Å². The Morgan fingerprint density at radius 2 is 1.83 bits per heavy atom. The fourth-order valence-corrected chi connectivity index (χ4v) is 5.35. The van der Waals surface area contributed by atoms with Gasteiger partial charge in [0.1, 0.15) is 18.8 Å². The van der Waals surface area contributed by atoms with Gasteiger partial charge in [-0.25, -0.2) is 14.8 Å². The number of anilines is 2. The third-order valence-corrected chi connectivity index (χ3v) is 7.66. The molecule has 42 heavy (non-hydrogen) atoms. The number of carbonyl (C=O) groups excluding carboxylic acids is 1. The molecule has 3 heterocycles. The van der Waals surface area contributed by atoms with Gasteiger partial charge in [-0.2, -0.15) is 4.98 Å². The maximum atomic E-state index is 12.7. The summed E-state index contributed by atoms with van der Waals surface area (Å²) in [5, 5.41) is 6.95. The first-order chi connectivity index (χ1) is 20.6. The van der Waals surface area contributed by atoms with Crippen molar-refractivity contribution < 1.29 is 9.53 Å². The average molecular weight is 562 g/mol. The smallest absolute Gasteiger partial charge is 0.410 e. The van der Waals surface area contributed by atoms with Gasteiger partial charge in [0.25, 0.3) is 0 Å². The molecule has 214 valence electrons. The molecule has 0 bridgehead atoms. The van der Waals surface area contributed by atoms with E-state index in [1.165, 1.54) is 5.56 Å². The molecular formula is C33H35N7O2. The third kappa shape index (κ3) is 6.52. The van der Waals surface area contributed by atoms with E-state index >= 15 is 0 Å². The molecule has 5 aromatic rings. The number of nitrogens with one attached hydrogen (secondary N) is 2. The van der Waals surface area contributed by atoms with E-state index < -0.39 is 0 Å². The fourth-order valence-electron chi connectivity index (χ4n) is 5.35. The number of carbonyl (C=O) groups is 1. The van der Waals surface area contributed by atoms with Crippen molar-refractivity contribution >= 4 is 28.8 Å². The van der Waals surface area contributed by atoms with Crippen LogP contribution in [0.4, 0.5) is 16.4 Å². The van der Waals surface area contributed by atoms with Crippen LogP contribution in [-0.4, -0.2) is 50.1 Å². The van der Waals surface area contributed by atoms with Crippen molar-refractivity contribution in [2.24, 2.45) is 5.92 Å². The highest BCUT2D eigenvalue weighted by atomic mass is 16.6. The Bertz CT molecular complexity index is 1620. The normalized spacial score (nSPS) is 15.7. The summed E-state index contributed by atoms with van der Waals surface area (Å²) in [6.07, 6.45) is 5.35.